The summed E-state index contributed by atoms with van der Waals surface area (Å²) in [5.74, 6) is 0. The van der Waals surface area contributed by atoms with Crippen molar-refractivity contribution in [2.45, 2.75) is 12.2 Å². The van der Waals surface area contributed by atoms with Crippen molar-refractivity contribution >= 4 is 0 Å². The molecule has 3 rings (SSSR count). The predicted molar refractivity (Wildman–Crippen MR) is 55.0 cm³/mol. The number of hydrogen-bond donors (Lipinski definition) is 0. The molecule has 3 heteroatoms. The lowest BCUT2D eigenvalue weighted by molar-refractivity contribution is 0.377. The maximum atomic E-state index is 5.63. The Morgan fingerprint density at radius 1 is 0.733 bits per heavy atom. The smallest absolute Gasteiger partial charge is 0.114 e. The van der Waals surface area contributed by atoms with Gasteiger partial charge in [-0.15, -0.1) is 0 Å². The first kappa shape index (κ1) is 8.56. The zero-order chi connectivity index (χ0) is 10.1. The Balaban J connectivity index is 1.81. The summed E-state index contributed by atoms with van der Waals surface area (Å²) in [5, 5.41) is 0. The van der Waals surface area contributed by atoms with E-state index in [0.29, 0.717) is 0 Å². The van der Waals surface area contributed by atoms with Crippen LogP contribution in [0.2, 0.25) is 0 Å². The average Bonchev–Trinajstić information content (AvgIpc) is 3.11. The second-order valence-electron chi connectivity index (χ2n) is 3.54. The fourth-order valence-corrected chi connectivity index (χ4v) is 1.73. The molecular formula is C12H10N2O. The second kappa shape index (κ2) is 3.44. The van der Waals surface area contributed by atoms with Gasteiger partial charge in [-0.25, -0.2) is 0 Å². The lowest BCUT2D eigenvalue weighted by atomic mass is 10.1. The summed E-state index contributed by atoms with van der Waals surface area (Å²) in [6, 6.07) is 7.97. The molecule has 1 aliphatic heterocycles. The summed E-state index contributed by atoms with van der Waals surface area (Å²) < 4.78 is 5.63. The van der Waals surface area contributed by atoms with Crippen LogP contribution in [0.4, 0.5) is 0 Å². The van der Waals surface area contributed by atoms with Gasteiger partial charge in [-0.05, 0) is 35.4 Å². The maximum Gasteiger partial charge on any atom is 0.114 e. The fourth-order valence-electron chi connectivity index (χ4n) is 1.73. The van der Waals surface area contributed by atoms with Crippen LogP contribution in [-0.4, -0.2) is 9.97 Å². The quantitative estimate of drug-likeness (QED) is 0.695. The van der Waals surface area contributed by atoms with Crippen LogP contribution in [0.25, 0.3) is 0 Å². The summed E-state index contributed by atoms with van der Waals surface area (Å²) in [5.41, 5.74) is 2.37. The molecule has 0 saturated carbocycles. The summed E-state index contributed by atoms with van der Waals surface area (Å²) in [6.45, 7) is 0. The normalized spacial score (nSPS) is 23.7. The van der Waals surface area contributed by atoms with Crippen LogP contribution in [0.15, 0.2) is 49.1 Å². The van der Waals surface area contributed by atoms with Crippen LogP contribution >= 0.6 is 0 Å². The number of rotatable bonds is 2. The van der Waals surface area contributed by atoms with E-state index in [2.05, 4.69) is 9.97 Å². The summed E-state index contributed by atoms with van der Waals surface area (Å²) in [4.78, 5) is 7.98. The van der Waals surface area contributed by atoms with Gasteiger partial charge in [0.05, 0.1) is 0 Å². The van der Waals surface area contributed by atoms with Gasteiger partial charge in [-0.2, -0.15) is 0 Å². The van der Waals surface area contributed by atoms with E-state index in [1.165, 1.54) is 11.1 Å². The Hall–Kier alpha value is -1.74. The summed E-state index contributed by atoms with van der Waals surface area (Å²) >= 11 is 0. The molecule has 1 aliphatic rings. The summed E-state index contributed by atoms with van der Waals surface area (Å²) in [6.07, 6.45) is 7.55. The minimum Gasteiger partial charge on any atom is -0.359 e. The Morgan fingerprint density at radius 3 is 1.53 bits per heavy atom. The van der Waals surface area contributed by atoms with Crippen LogP contribution < -0.4 is 0 Å². The molecule has 0 aromatic carbocycles. The third-order valence-corrected chi connectivity index (χ3v) is 2.56. The van der Waals surface area contributed by atoms with Crippen molar-refractivity contribution in [1.82, 2.24) is 9.97 Å². The molecule has 15 heavy (non-hydrogen) atoms. The van der Waals surface area contributed by atoms with E-state index in [4.69, 9.17) is 4.74 Å². The first-order chi connectivity index (χ1) is 7.45. The van der Waals surface area contributed by atoms with Crippen LogP contribution in [-0.2, 0) is 4.74 Å². The molecule has 1 saturated heterocycles. The highest BCUT2D eigenvalue weighted by Gasteiger charge is 2.41. The van der Waals surface area contributed by atoms with Crippen molar-refractivity contribution in [1.29, 1.82) is 0 Å². The van der Waals surface area contributed by atoms with E-state index in [1.54, 1.807) is 24.8 Å². The van der Waals surface area contributed by atoms with Crippen molar-refractivity contribution in [3.63, 3.8) is 0 Å². The van der Waals surface area contributed by atoms with E-state index < -0.39 is 0 Å². The molecule has 0 unspecified atom stereocenters. The number of hydrogen-bond acceptors (Lipinski definition) is 3. The molecule has 2 atom stereocenters. The zero-order valence-corrected chi connectivity index (χ0v) is 8.08. The lowest BCUT2D eigenvalue weighted by Crippen LogP contribution is -1.84. The Bertz CT molecular complexity index is 400. The largest absolute Gasteiger partial charge is 0.359 e. The first-order valence-corrected chi connectivity index (χ1v) is 4.90. The predicted octanol–water partition coefficient (Wildman–Crippen LogP) is 2.29. The first-order valence-electron chi connectivity index (χ1n) is 4.90. The van der Waals surface area contributed by atoms with E-state index in [-0.39, 0.29) is 12.2 Å². The molecule has 3 nitrogen and oxygen atoms in total. The SMILES string of the molecule is c1cc([C@H]2O[C@H]2c2ccncc2)ccn1. The van der Waals surface area contributed by atoms with Crippen LogP contribution in [0.3, 0.4) is 0 Å². The number of pyridine rings is 2. The minimum absolute atomic E-state index is 0.190. The Labute approximate surface area is 87.8 Å². The van der Waals surface area contributed by atoms with Gasteiger partial charge in [0.15, 0.2) is 0 Å². The molecular weight excluding hydrogens is 188 g/mol. The topological polar surface area (TPSA) is 38.3 Å². The van der Waals surface area contributed by atoms with Crippen molar-refractivity contribution in [3.05, 3.63) is 60.2 Å². The molecule has 0 bridgehead atoms. The van der Waals surface area contributed by atoms with Crippen molar-refractivity contribution in [2.75, 3.05) is 0 Å². The monoisotopic (exact) mass is 198 g/mol. The Kier molecular flexibility index (Phi) is 1.96. The molecule has 0 radical (unpaired) electrons. The minimum atomic E-state index is 0.190. The highest BCUT2D eigenvalue weighted by Crippen LogP contribution is 2.50. The van der Waals surface area contributed by atoms with Crippen molar-refractivity contribution in [2.24, 2.45) is 0 Å². The second-order valence-corrected chi connectivity index (χ2v) is 3.54. The summed E-state index contributed by atoms with van der Waals surface area (Å²) in [7, 11) is 0. The molecule has 1 fully saturated rings. The van der Waals surface area contributed by atoms with Crippen LogP contribution in [0.1, 0.15) is 23.3 Å². The molecule has 2 aromatic heterocycles. The number of epoxide rings is 1. The molecule has 3 heterocycles. The van der Waals surface area contributed by atoms with Gasteiger partial charge in [0.25, 0.3) is 0 Å². The average molecular weight is 198 g/mol. The van der Waals surface area contributed by atoms with Crippen LogP contribution in [0, 0.1) is 0 Å². The zero-order valence-electron chi connectivity index (χ0n) is 8.08. The lowest BCUT2D eigenvalue weighted by Gasteiger charge is -1.95. The molecule has 2 aromatic rings. The van der Waals surface area contributed by atoms with E-state index in [1.807, 2.05) is 24.3 Å². The number of ether oxygens (including phenoxy) is 1. The van der Waals surface area contributed by atoms with Crippen molar-refractivity contribution < 1.29 is 4.74 Å². The van der Waals surface area contributed by atoms with E-state index in [0.717, 1.165) is 0 Å². The van der Waals surface area contributed by atoms with Gasteiger partial charge in [0.1, 0.15) is 12.2 Å². The van der Waals surface area contributed by atoms with E-state index in [9.17, 15) is 0 Å². The van der Waals surface area contributed by atoms with Gasteiger partial charge in [-0.1, -0.05) is 0 Å². The van der Waals surface area contributed by atoms with Gasteiger partial charge in [0, 0.05) is 24.8 Å². The van der Waals surface area contributed by atoms with Gasteiger partial charge < -0.3 is 4.74 Å². The van der Waals surface area contributed by atoms with Gasteiger partial charge in [-0.3, -0.25) is 9.97 Å². The molecule has 0 amide bonds. The fraction of sp³-hybridized carbons (Fsp3) is 0.167. The third-order valence-electron chi connectivity index (χ3n) is 2.56. The maximum absolute atomic E-state index is 5.63. The van der Waals surface area contributed by atoms with Gasteiger partial charge >= 0.3 is 0 Å². The van der Waals surface area contributed by atoms with E-state index >= 15 is 0 Å². The van der Waals surface area contributed by atoms with Gasteiger partial charge in [0.2, 0.25) is 0 Å². The molecule has 0 N–H and O–H groups in total. The molecule has 0 spiro atoms. The molecule has 74 valence electrons. The number of aromatic nitrogens is 2. The highest BCUT2D eigenvalue weighted by atomic mass is 16.6. The third kappa shape index (κ3) is 1.62. The highest BCUT2D eigenvalue weighted by molar-refractivity contribution is 5.27. The van der Waals surface area contributed by atoms with Crippen LogP contribution in [0.5, 0.6) is 0 Å². The standard InChI is InChI=1S/C12H10N2O/c1-5-13-6-2-9(1)11-12(15-11)10-3-7-14-8-4-10/h1-8,11-12H/t11-,12+. The van der Waals surface area contributed by atoms with Crippen molar-refractivity contribution in [3.8, 4) is 0 Å². The molecule has 0 aliphatic carbocycles. The number of nitrogens with zero attached hydrogens (tertiary/aromatic N) is 2. The Morgan fingerprint density at radius 2 is 1.13 bits per heavy atom.